The molecule has 8 nitrogen and oxygen atoms in total. The molecule has 2 fully saturated rings. The van der Waals surface area contributed by atoms with Crippen molar-refractivity contribution in [3.63, 3.8) is 0 Å². The maximum absolute atomic E-state index is 5.63. The SMILES string of the molecule is CC1CN(C)CC(C)N1Cc1cc2nc(-c3cccc4[nH]ncc34)nc(N3CCOCC3)c2s1. The molecule has 0 radical (unpaired) electrons. The van der Waals surface area contributed by atoms with Crippen LogP contribution in [0.4, 0.5) is 5.82 Å². The van der Waals surface area contributed by atoms with Crippen molar-refractivity contribution in [2.75, 3.05) is 51.3 Å². The van der Waals surface area contributed by atoms with Crippen LogP contribution in [-0.2, 0) is 11.3 Å². The van der Waals surface area contributed by atoms with Crippen LogP contribution >= 0.6 is 11.3 Å². The van der Waals surface area contributed by atoms with Crippen LogP contribution in [0.2, 0.25) is 0 Å². The van der Waals surface area contributed by atoms with Gasteiger partial charge < -0.3 is 14.5 Å². The van der Waals surface area contributed by atoms with Crippen molar-refractivity contribution < 1.29 is 4.74 Å². The normalized spacial score (nSPS) is 22.7. The Hall–Kier alpha value is -2.59. The Morgan fingerprint density at radius 3 is 2.71 bits per heavy atom. The van der Waals surface area contributed by atoms with Gasteiger partial charge >= 0.3 is 0 Å². The summed E-state index contributed by atoms with van der Waals surface area (Å²) in [5.74, 6) is 1.78. The van der Waals surface area contributed by atoms with Crippen LogP contribution in [0.3, 0.4) is 0 Å². The summed E-state index contributed by atoms with van der Waals surface area (Å²) in [7, 11) is 2.22. The molecule has 0 spiro atoms. The average molecular weight is 478 g/mol. The summed E-state index contributed by atoms with van der Waals surface area (Å²) < 4.78 is 6.80. The number of hydrogen-bond acceptors (Lipinski definition) is 8. The molecule has 0 amide bonds. The van der Waals surface area contributed by atoms with E-state index < -0.39 is 0 Å². The van der Waals surface area contributed by atoms with Gasteiger partial charge in [-0.1, -0.05) is 12.1 Å². The van der Waals surface area contributed by atoms with E-state index in [0.717, 1.165) is 79.6 Å². The van der Waals surface area contributed by atoms with Gasteiger partial charge in [-0.2, -0.15) is 5.10 Å². The van der Waals surface area contributed by atoms with Crippen molar-refractivity contribution in [2.24, 2.45) is 0 Å². The highest BCUT2D eigenvalue weighted by atomic mass is 32.1. The molecule has 6 rings (SSSR count). The molecule has 9 heteroatoms. The zero-order chi connectivity index (χ0) is 23.2. The second kappa shape index (κ2) is 8.88. The van der Waals surface area contributed by atoms with Gasteiger partial charge in [-0.15, -0.1) is 11.3 Å². The van der Waals surface area contributed by atoms with Gasteiger partial charge in [0.2, 0.25) is 0 Å². The zero-order valence-electron chi connectivity index (χ0n) is 20.0. The van der Waals surface area contributed by atoms with Gasteiger partial charge in [-0.3, -0.25) is 10.00 Å². The van der Waals surface area contributed by atoms with E-state index in [9.17, 15) is 0 Å². The summed E-state index contributed by atoms with van der Waals surface area (Å²) in [4.78, 5) is 19.0. The van der Waals surface area contributed by atoms with Crippen molar-refractivity contribution in [1.29, 1.82) is 0 Å². The number of likely N-dealkylation sites (N-methyl/N-ethyl adjacent to an activating group) is 1. The fourth-order valence-corrected chi connectivity index (χ4v) is 6.55. The molecule has 2 saturated heterocycles. The Balaban J connectivity index is 1.43. The zero-order valence-corrected chi connectivity index (χ0v) is 20.8. The molecule has 2 atom stereocenters. The molecule has 3 aromatic heterocycles. The molecule has 2 aliphatic rings. The van der Waals surface area contributed by atoms with Gasteiger partial charge in [0.05, 0.1) is 35.1 Å². The molecule has 0 bridgehead atoms. The predicted octanol–water partition coefficient (Wildman–Crippen LogP) is 3.60. The Morgan fingerprint density at radius 2 is 1.91 bits per heavy atom. The quantitative estimate of drug-likeness (QED) is 0.481. The minimum atomic E-state index is 0.526. The van der Waals surface area contributed by atoms with E-state index in [2.05, 4.69) is 57.9 Å². The second-order valence-electron chi connectivity index (χ2n) is 9.63. The summed E-state index contributed by atoms with van der Waals surface area (Å²) >= 11 is 1.84. The van der Waals surface area contributed by atoms with Gasteiger partial charge in [-0.05, 0) is 33.0 Å². The van der Waals surface area contributed by atoms with Gasteiger partial charge in [0.25, 0.3) is 0 Å². The van der Waals surface area contributed by atoms with E-state index in [1.54, 1.807) is 0 Å². The lowest BCUT2D eigenvalue weighted by atomic mass is 10.1. The molecule has 2 unspecified atom stereocenters. The van der Waals surface area contributed by atoms with Crippen LogP contribution in [0.5, 0.6) is 0 Å². The Bertz CT molecular complexity index is 1300. The fraction of sp³-hybridized carbons (Fsp3) is 0.480. The van der Waals surface area contributed by atoms with Crippen LogP contribution in [0.25, 0.3) is 32.5 Å². The van der Waals surface area contributed by atoms with Crippen molar-refractivity contribution in [3.8, 4) is 11.4 Å². The monoisotopic (exact) mass is 477 g/mol. The van der Waals surface area contributed by atoms with Crippen molar-refractivity contribution in [2.45, 2.75) is 32.5 Å². The molecule has 1 N–H and O–H groups in total. The van der Waals surface area contributed by atoms with Crippen molar-refractivity contribution in [1.82, 2.24) is 30.0 Å². The third kappa shape index (κ3) is 3.96. The summed E-state index contributed by atoms with van der Waals surface area (Å²) in [5.41, 5.74) is 3.04. The molecule has 2 aliphatic heterocycles. The predicted molar refractivity (Wildman–Crippen MR) is 137 cm³/mol. The number of nitrogens with one attached hydrogen (secondary N) is 1. The highest BCUT2D eigenvalue weighted by molar-refractivity contribution is 7.19. The smallest absolute Gasteiger partial charge is 0.162 e. The maximum Gasteiger partial charge on any atom is 0.162 e. The number of benzene rings is 1. The number of nitrogens with zero attached hydrogens (tertiary/aromatic N) is 6. The number of rotatable bonds is 4. The number of piperazine rings is 1. The molecule has 0 saturated carbocycles. The Kier molecular flexibility index (Phi) is 5.73. The van der Waals surface area contributed by atoms with E-state index in [4.69, 9.17) is 14.7 Å². The molecule has 1 aromatic carbocycles. The largest absolute Gasteiger partial charge is 0.378 e. The Morgan fingerprint density at radius 1 is 1.12 bits per heavy atom. The number of hydrogen-bond donors (Lipinski definition) is 1. The highest BCUT2D eigenvalue weighted by Crippen LogP contribution is 2.36. The first-order valence-electron chi connectivity index (χ1n) is 12.1. The number of fused-ring (bicyclic) bond motifs is 2. The van der Waals surface area contributed by atoms with Crippen LogP contribution in [0, 0.1) is 0 Å². The van der Waals surface area contributed by atoms with E-state index in [1.165, 1.54) is 9.58 Å². The van der Waals surface area contributed by atoms with Crippen molar-refractivity contribution in [3.05, 3.63) is 35.3 Å². The number of morpholine rings is 1. The van der Waals surface area contributed by atoms with E-state index in [1.807, 2.05) is 29.7 Å². The van der Waals surface area contributed by atoms with Crippen LogP contribution in [0.15, 0.2) is 30.5 Å². The van der Waals surface area contributed by atoms with Gasteiger partial charge in [0, 0.05) is 60.6 Å². The summed E-state index contributed by atoms with van der Waals surface area (Å²) in [6.07, 6.45) is 1.86. The van der Waals surface area contributed by atoms with E-state index >= 15 is 0 Å². The van der Waals surface area contributed by atoms with E-state index in [-0.39, 0.29) is 0 Å². The number of ether oxygens (including phenoxy) is 1. The molecule has 5 heterocycles. The fourth-order valence-electron chi connectivity index (χ4n) is 5.43. The third-order valence-electron chi connectivity index (χ3n) is 7.06. The highest BCUT2D eigenvalue weighted by Gasteiger charge is 2.28. The number of thiophene rings is 1. The summed E-state index contributed by atoms with van der Waals surface area (Å²) in [6.45, 7) is 11.0. The first-order chi connectivity index (χ1) is 16.6. The Labute approximate surface area is 203 Å². The van der Waals surface area contributed by atoms with Gasteiger partial charge in [0.15, 0.2) is 11.6 Å². The molecule has 4 aromatic rings. The lowest BCUT2D eigenvalue weighted by Crippen LogP contribution is -2.54. The molecular formula is C25H31N7OS. The second-order valence-corrected chi connectivity index (χ2v) is 10.8. The molecule has 34 heavy (non-hydrogen) atoms. The number of aromatic amines is 1. The maximum atomic E-state index is 5.63. The minimum absolute atomic E-state index is 0.526. The molecular weight excluding hydrogens is 446 g/mol. The lowest BCUT2D eigenvalue weighted by Gasteiger charge is -2.43. The summed E-state index contributed by atoms with van der Waals surface area (Å²) in [5, 5.41) is 8.35. The number of anilines is 1. The minimum Gasteiger partial charge on any atom is -0.378 e. The van der Waals surface area contributed by atoms with Crippen LogP contribution in [-0.4, -0.2) is 88.5 Å². The molecule has 178 valence electrons. The molecule has 0 aliphatic carbocycles. The number of aromatic nitrogens is 4. The van der Waals surface area contributed by atoms with Gasteiger partial charge in [0.1, 0.15) is 0 Å². The average Bonchev–Trinajstić information content (AvgIpc) is 3.47. The lowest BCUT2D eigenvalue weighted by molar-refractivity contribution is 0.0467. The first-order valence-corrected chi connectivity index (χ1v) is 12.9. The number of H-pyrrole nitrogens is 1. The first kappa shape index (κ1) is 21.9. The topological polar surface area (TPSA) is 73.4 Å². The summed E-state index contributed by atoms with van der Waals surface area (Å²) in [6, 6.07) is 9.49. The standard InChI is InChI=1S/C25H31N7OS/c1-16-13-30(3)14-17(2)32(16)15-18-11-22-23(34-18)25(31-7-9-33-10-8-31)28-24(27-22)19-5-4-6-21-20(19)12-26-29-21/h4-6,11-12,16-17H,7-10,13-15H2,1-3H3,(H,26,29). The van der Waals surface area contributed by atoms with Gasteiger partial charge in [-0.25, -0.2) is 9.97 Å². The third-order valence-corrected chi connectivity index (χ3v) is 8.17. The van der Waals surface area contributed by atoms with E-state index in [0.29, 0.717) is 12.1 Å². The van der Waals surface area contributed by atoms with Crippen LogP contribution < -0.4 is 4.90 Å². The van der Waals surface area contributed by atoms with Crippen molar-refractivity contribution >= 4 is 38.3 Å². The van der Waals surface area contributed by atoms with Crippen LogP contribution in [0.1, 0.15) is 18.7 Å².